The van der Waals surface area contributed by atoms with Gasteiger partial charge in [0.05, 0.1) is 13.2 Å². The highest BCUT2D eigenvalue weighted by Gasteiger charge is 2.37. The van der Waals surface area contributed by atoms with E-state index in [4.69, 9.17) is 10.5 Å². The molecule has 0 aromatic carbocycles. The van der Waals surface area contributed by atoms with E-state index in [1.807, 2.05) is 0 Å². The van der Waals surface area contributed by atoms with Crippen molar-refractivity contribution in [1.29, 1.82) is 0 Å². The Bertz CT molecular complexity index is 645. The number of nitrogens with two attached hydrogens (primary N) is 1. The highest BCUT2D eigenvalue weighted by Crippen LogP contribution is 2.31. The van der Waals surface area contributed by atoms with E-state index in [0.29, 0.717) is 18.7 Å². The molecule has 2 N–H and O–H groups in total. The van der Waals surface area contributed by atoms with E-state index in [0.717, 1.165) is 12.8 Å². The zero-order valence-electron chi connectivity index (χ0n) is 11.9. The monoisotopic (exact) mass is 309 g/mol. The van der Waals surface area contributed by atoms with Crippen molar-refractivity contribution >= 4 is 10.0 Å². The van der Waals surface area contributed by atoms with Crippen molar-refractivity contribution in [2.24, 2.45) is 5.73 Å². The normalized spacial score (nSPS) is 14.8. The number of rotatable bonds is 6. The highest BCUT2D eigenvalue weighted by atomic mass is 32.2. The molecule has 6 nitrogen and oxygen atoms in total. The first-order chi connectivity index (χ1) is 10.1. The molecule has 1 aliphatic rings. The fourth-order valence-corrected chi connectivity index (χ4v) is 3.62. The number of hydrogen-bond donors (Lipinski definition) is 1. The van der Waals surface area contributed by atoms with E-state index < -0.39 is 10.0 Å². The molecule has 1 heterocycles. The molecule has 0 radical (unpaired) electrons. The maximum absolute atomic E-state index is 12.7. The zero-order valence-corrected chi connectivity index (χ0v) is 12.8. The maximum atomic E-state index is 12.7. The van der Waals surface area contributed by atoms with E-state index in [9.17, 15) is 8.42 Å². The Morgan fingerprint density at radius 1 is 1.48 bits per heavy atom. The minimum atomic E-state index is -3.57. The molecule has 0 atom stereocenters. The van der Waals surface area contributed by atoms with Crippen LogP contribution in [-0.4, -0.2) is 50.6 Å². The standard InChI is InChI=1S/C14H19N3O3S/c1-20-8-7-17(13-4-5-13)21(18,19)14-9-12(3-2-6-15)10-16-11-14/h9-11,13H,4-8,15H2,1H3. The molecule has 114 valence electrons. The molecule has 1 saturated carbocycles. The van der Waals surface area contributed by atoms with Crippen LogP contribution in [0.4, 0.5) is 0 Å². The van der Waals surface area contributed by atoms with Gasteiger partial charge >= 0.3 is 0 Å². The largest absolute Gasteiger partial charge is 0.383 e. The van der Waals surface area contributed by atoms with Gasteiger partial charge in [-0.1, -0.05) is 11.8 Å². The van der Waals surface area contributed by atoms with Gasteiger partial charge in [-0.05, 0) is 18.9 Å². The topological polar surface area (TPSA) is 85.5 Å². The van der Waals surface area contributed by atoms with Crippen LogP contribution in [0.1, 0.15) is 18.4 Å². The summed E-state index contributed by atoms with van der Waals surface area (Å²) >= 11 is 0. The summed E-state index contributed by atoms with van der Waals surface area (Å²) in [6, 6.07) is 1.61. The van der Waals surface area contributed by atoms with Crippen LogP contribution in [0.25, 0.3) is 0 Å². The summed E-state index contributed by atoms with van der Waals surface area (Å²) < 4.78 is 31.9. The second-order valence-electron chi connectivity index (χ2n) is 4.75. The van der Waals surface area contributed by atoms with Crippen molar-refractivity contribution in [3.8, 4) is 11.8 Å². The van der Waals surface area contributed by atoms with Gasteiger partial charge in [0.1, 0.15) is 4.90 Å². The van der Waals surface area contributed by atoms with Crippen LogP contribution in [0, 0.1) is 11.8 Å². The van der Waals surface area contributed by atoms with E-state index in [1.165, 1.54) is 22.8 Å². The second kappa shape index (κ2) is 7.00. The van der Waals surface area contributed by atoms with Gasteiger partial charge in [-0.3, -0.25) is 4.98 Å². The quantitative estimate of drug-likeness (QED) is 0.758. The fraction of sp³-hybridized carbons (Fsp3) is 0.500. The summed E-state index contributed by atoms with van der Waals surface area (Å²) in [6.45, 7) is 0.942. The molecule has 0 spiro atoms. The number of sulfonamides is 1. The Balaban J connectivity index is 2.28. The molecular weight excluding hydrogens is 290 g/mol. The molecule has 0 amide bonds. The molecule has 1 aliphatic carbocycles. The van der Waals surface area contributed by atoms with Gasteiger partial charge in [0.2, 0.25) is 10.0 Å². The molecule has 2 rings (SSSR count). The molecule has 21 heavy (non-hydrogen) atoms. The Morgan fingerprint density at radius 2 is 2.24 bits per heavy atom. The van der Waals surface area contributed by atoms with Crippen molar-refractivity contribution in [1.82, 2.24) is 9.29 Å². The molecule has 1 aromatic heterocycles. The maximum Gasteiger partial charge on any atom is 0.244 e. The van der Waals surface area contributed by atoms with Crippen molar-refractivity contribution < 1.29 is 13.2 Å². The highest BCUT2D eigenvalue weighted by molar-refractivity contribution is 7.89. The first kappa shape index (κ1) is 15.9. The summed E-state index contributed by atoms with van der Waals surface area (Å²) in [5.41, 5.74) is 5.86. The van der Waals surface area contributed by atoms with Crippen LogP contribution in [-0.2, 0) is 14.8 Å². The number of methoxy groups -OCH3 is 1. The van der Waals surface area contributed by atoms with Crippen molar-refractivity contribution in [2.45, 2.75) is 23.8 Å². The fourth-order valence-electron chi connectivity index (χ4n) is 1.96. The summed E-state index contributed by atoms with van der Waals surface area (Å²) in [5, 5.41) is 0. The Labute approximate surface area is 125 Å². The van der Waals surface area contributed by atoms with Gasteiger partial charge in [-0.25, -0.2) is 8.42 Å². The van der Waals surface area contributed by atoms with Gasteiger partial charge in [0, 0.05) is 37.7 Å². The van der Waals surface area contributed by atoms with Crippen molar-refractivity contribution in [3.63, 3.8) is 0 Å². The molecule has 7 heteroatoms. The van der Waals surface area contributed by atoms with Gasteiger partial charge in [-0.2, -0.15) is 4.31 Å². The third-order valence-electron chi connectivity index (χ3n) is 3.12. The van der Waals surface area contributed by atoms with Gasteiger partial charge in [0.25, 0.3) is 0 Å². The summed E-state index contributed by atoms with van der Waals surface area (Å²) in [5.74, 6) is 5.49. The van der Waals surface area contributed by atoms with E-state index in [2.05, 4.69) is 16.8 Å². The minimum Gasteiger partial charge on any atom is -0.383 e. The SMILES string of the molecule is COCCN(C1CC1)S(=O)(=O)c1cncc(C#CCN)c1. The van der Waals surface area contributed by atoms with Crippen LogP contribution in [0.3, 0.4) is 0 Å². The Hall–Kier alpha value is -1.46. The second-order valence-corrected chi connectivity index (χ2v) is 6.65. The molecule has 1 fully saturated rings. The first-order valence-corrected chi connectivity index (χ1v) is 8.18. The van der Waals surface area contributed by atoms with Crippen LogP contribution in [0.5, 0.6) is 0 Å². The van der Waals surface area contributed by atoms with E-state index >= 15 is 0 Å². The van der Waals surface area contributed by atoms with Crippen LogP contribution >= 0.6 is 0 Å². The molecular formula is C14H19N3O3S. The predicted octanol–water partition coefficient (Wildman–Crippen LogP) is 0.191. The van der Waals surface area contributed by atoms with Crippen LogP contribution in [0.2, 0.25) is 0 Å². The molecule has 0 bridgehead atoms. The minimum absolute atomic E-state index is 0.0731. The van der Waals surface area contributed by atoms with Crippen LogP contribution < -0.4 is 5.73 Å². The molecule has 0 unspecified atom stereocenters. The lowest BCUT2D eigenvalue weighted by molar-refractivity contribution is 0.177. The van der Waals surface area contributed by atoms with Gasteiger partial charge < -0.3 is 10.5 Å². The van der Waals surface area contributed by atoms with Gasteiger partial charge in [-0.15, -0.1) is 0 Å². The first-order valence-electron chi connectivity index (χ1n) is 6.74. The average molecular weight is 309 g/mol. The smallest absolute Gasteiger partial charge is 0.244 e. The lowest BCUT2D eigenvalue weighted by Crippen LogP contribution is -2.35. The predicted molar refractivity (Wildman–Crippen MR) is 79.0 cm³/mol. The number of aromatic nitrogens is 1. The van der Waals surface area contributed by atoms with E-state index in [1.54, 1.807) is 7.11 Å². The number of pyridine rings is 1. The van der Waals surface area contributed by atoms with Crippen molar-refractivity contribution in [3.05, 3.63) is 24.0 Å². The van der Waals surface area contributed by atoms with Crippen LogP contribution in [0.15, 0.2) is 23.4 Å². The number of hydrogen-bond acceptors (Lipinski definition) is 5. The molecule has 0 aliphatic heterocycles. The van der Waals surface area contributed by atoms with Gasteiger partial charge in [0.15, 0.2) is 0 Å². The number of ether oxygens (including phenoxy) is 1. The summed E-state index contributed by atoms with van der Waals surface area (Å²) in [4.78, 5) is 4.13. The number of nitrogens with zero attached hydrogens (tertiary/aromatic N) is 2. The third-order valence-corrected chi connectivity index (χ3v) is 5.04. The lowest BCUT2D eigenvalue weighted by atomic mass is 10.3. The van der Waals surface area contributed by atoms with Crippen molar-refractivity contribution in [2.75, 3.05) is 26.8 Å². The lowest BCUT2D eigenvalue weighted by Gasteiger charge is -2.21. The molecule has 0 saturated heterocycles. The third kappa shape index (κ3) is 4.02. The molecule has 1 aromatic rings. The summed E-state index contributed by atoms with van der Waals surface area (Å²) in [7, 11) is -2.01. The average Bonchev–Trinajstić information content (AvgIpc) is 3.30. The summed E-state index contributed by atoms with van der Waals surface area (Å²) in [6.07, 6.45) is 4.66. The Morgan fingerprint density at radius 3 is 2.86 bits per heavy atom. The zero-order chi connectivity index (χ0) is 15.3. The Kier molecular flexibility index (Phi) is 5.31. The van der Waals surface area contributed by atoms with E-state index in [-0.39, 0.29) is 17.5 Å².